The molecule has 2 aromatic carbocycles. The molecule has 1 aromatic heterocycles. The number of anilines is 1. The third-order valence-corrected chi connectivity index (χ3v) is 3.91. The number of carbonyl (C=O) groups is 1. The van der Waals surface area contributed by atoms with Crippen LogP contribution in [-0.4, -0.2) is 26.1 Å². The summed E-state index contributed by atoms with van der Waals surface area (Å²) in [4.78, 5) is 13.9. The first-order valence-corrected chi connectivity index (χ1v) is 7.74. The van der Waals surface area contributed by atoms with Crippen LogP contribution >= 0.6 is 15.9 Å². The fourth-order valence-corrected chi connectivity index (χ4v) is 2.72. The maximum Gasteiger partial charge on any atom is 0.270 e. The molecule has 7 heteroatoms. The Morgan fingerprint density at radius 3 is 2.82 bits per heavy atom. The van der Waals surface area contributed by atoms with E-state index in [1.807, 2.05) is 37.3 Å². The lowest BCUT2D eigenvalue weighted by atomic mass is 10.0. The summed E-state index contributed by atoms with van der Waals surface area (Å²) in [5.74, 6) is -0.0369. The number of aryl methyl sites for hydroxylation is 1. The van der Waals surface area contributed by atoms with E-state index in [0.717, 1.165) is 21.7 Å². The van der Waals surface area contributed by atoms with Gasteiger partial charge in [-0.1, -0.05) is 52.2 Å². The van der Waals surface area contributed by atoms with Gasteiger partial charge in [0.25, 0.3) is 11.9 Å². The number of nitrogens with one attached hydrogen (secondary N) is 1. The summed E-state index contributed by atoms with van der Waals surface area (Å²) in [6.45, 7) is 2.69. The van der Waals surface area contributed by atoms with Crippen molar-refractivity contribution in [1.29, 1.82) is 0 Å². The van der Waals surface area contributed by atoms with Gasteiger partial charge < -0.3 is 0 Å². The van der Waals surface area contributed by atoms with Gasteiger partial charge in [-0.25, -0.2) is 0 Å². The Hall–Kier alpha value is -2.28. The minimum Gasteiger partial charge on any atom is -0.288 e. The first-order chi connectivity index (χ1) is 10.7. The first kappa shape index (κ1) is 14.6. The fraction of sp³-hybridized carbons (Fsp3) is 0.200. The zero-order chi connectivity index (χ0) is 15.5. The fourth-order valence-electron chi connectivity index (χ4n) is 2.23. The minimum atomic E-state index is -0.250. The van der Waals surface area contributed by atoms with Gasteiger partial charge in [0.1, 0.15) is 0 Å². The van der Waals surface area contributed by atoms with Crippen molar-refractivity contribution in [2.75, 3.05) is 5.32 Å². The summed E-state index contributed by atoms with van der Waals surface area (Å²) in [5, 5.41) is 16.4. The van der Waals surface area contributed by atoms with E-state index in [1.54, 1.807) is 6.07 Å². The van der Waals surface area contributed by atoms with E-state index in [1.165, 1.54) is 4.80 Å². The van der Waals surface area contributed by atoms with Gasteiger partial charge in [0.05, 0.1) is 6.54 Å². The molecule has 3 rings (SSSR count). The van der Waals surface area contributed by atoms with E-state index >= 15 is 0 Å². The molecule has 0 saturated carbocycles. The molecule has 0 aliphatic heterocycles. The number of aromatic nitrogens is 4. The molecule has 22 heavy (non-hydrogen) atoms. The topological polar surface area (TPSA) is 72.7 Å². The largest absolute Gasteiger partial charge is 0.288 e. The Balaban J connectivity index is 1.90. The maximum atomic E-state index is 12.5. The van der Waals surface area contributed by atoms with Gasteiger partial charge in [-0.3, -0.25) is 10.1 Å². The van der Waals surface area contributed by atoms with Crippen LogP contribution in [0.5, 0.6) is 0 Å². The van der Waals surface area contributed by atoms with Crippen LogP contribution in [-0.2, 0) is 6.54 Å². The van der Waals surface area contributed by atoms with Crippen LogP contribution in [0, 0.1) is 0 Å². The molecule has 0 unspecified atom stereocenters. The highest BCUT2D eigenvalue weighted by Crippen LogP contribution is 2.26. The molecule has 0 bridgehead atoms. The zero-order valence-corrected chi connectivity index (χ0v) is 13.5. The van der Waals surface area contributed by atoms with Crippen molar-refractivity contribution >= 4 is 38.6 Å². The Morgan fingerprint density at radius 1 is 1.23 bits per heavy atom. The highest BCUT2D eigenvalue weighted by atomic mass is 79.9. The molecule has 0 aliphatic carbocycles. The van der Waals surface area contributed by atoms with Crippen LogP contribution in [0.3, 0.4) is 0 Å². The monoisotopic (exact) mass is 359 g/mol. The van der Waals surface area contributed by atoms with Crippen LogP contribution < -0.4 is 5.32 Å². The Kier molecular flexibility index (Phi) is 4.15. The third kappa shape index (κ3) is 2.85. The molecular formula is C15H14BrN5O. The average molecular weight is 360 g/mol. The second-order valence-corrected chi connectivity index (χ2v) is 5.66. The summed E-state index contributed by atoms with van der Waals surface area (Å²) in [6.07, 6.45) is 0.904. The summed E-state index contributed by atoms with van der Waals surface area (Å²) in [6, 6.07) is 11.4. The van der Waals surface area contributed by atoms with Crippen molar-refractivity contribution < 1.29 is 4.79 Å². The summed E-state index contributed by atoms with van der Waals surface area (Å²) >= 11 is 3.50. The van der Waals surface area contributed by atoms with E-state index in [4.69, 9.17) is 0 Å². The average Bonchev–Trinajstić information content (AvgIpc) is 2.95. The predicted molar refractivity (Wildman–Crippen MR) is 87.7 cm³/mol. The van der Waals surface area contributed by atoms with Gasteiger partial charge in [0.2, 0.25) is 0 Å². The number of benzene rings is 2. The van der Waals surface area contributed by atoms with Gasteiger partial charge in [-0.2, -0.15) is 4.80 Å². The molecule has 112 valence electrons. The maximum absolute atomic E-state index is 12.5. The minimum absolute atomic E-state index is 0.213. The van der Waals surface area contributed by atoms with Crippen LogP contribution in [0.25, 0.3) is 10.8 Å². The molecule has 0 aliphatic rings. The van der Waals surface area contributed by atoms with E-state index in [0.29, 0.717) is 12.1 Å². The molecule has 1 N–H and O–H groups in total. The molecule has 6 nitrogen and oxygen atoms in total. The highest BCUT2D eigenvalue weighted by molar-refractivity contribution is 9.10. The number of rotatable bonds is 4. The Morgan fingerprint density at radius 2 is 2.00 bits per heavy atom. The molecule has 0 saturated heterocycles. The Bertz CT molecular complexity index is 830. The summed E-state index contributed by atoms with van der Waals surface area (Å²) in [5.41, 5.74) is 0.575. The van der Waals surface area contributed by atoms with Crippen molar-refractivity contribution in [3.05, 3.63) is 46.4 Å². The lowest BCUT2D eigenvalue weighted by molar-refractivity contribution is 0.102. The smallest absolute Gasteiger partial charge is 0.270 e. The SMILES string of the molecule is CCCn1nnc(NC(=O)c2cccc3c(Br)cccc23)n1. The molecule has 0 radical (unpaired) electrons. The number of tetrazole rings is 1. The molecule has 0 spiro atoms. The number of hydrogen-bond donors (Lipinski definition) is 1. The lowest BCUT2D eigenvalue weighted by Crippen LogP contribution is -2.14. The second kappa shape index (κ2) is 6.23. The lowest BCUT2D eigenvalue weighted by Gasteiger charge is -2.06. The van der Waals surface area contributed by atoms with E-state index < -0.39 is 0 Å². The standard InChI is InChI=1S/C15H14BrN5O/c1-2-9-21-19-15(18-20-21)17-14(22)12-7-3-6-11-10(12)5-4-8-13(11)16/h3-8H,2,9H2,1H3,(H,17,19,22). The molecule has 0 fully saturated rings. The number of halogens is 1. The number of nitrogens with zero attached hydrogens (tertiary/aromatic N) is 4. The Labute approximate surface area is 135 Å². The van der Waals surface area contributed by atoms with E-state index in [2.05, 4.69) is 36.7 Å². The molecule has 1 heterocycles. The first-order valence-electron chi connectivity index (χ1n) is 6.95. The van der Waals surface area contributed by atoms with Crippen LogP contribution in [0.1, 0.15) is 23.7 Å². The predicted octanol–water partition coefficient (Wildman–Crippen LogP) is 3.25. The second-order valence-electron chi connectivity index (χ2n) is 4.80. The van der Waals surface area contributed by atoms with Crippen LogP contribution in [0.15, 0.2) is 40.9 Å². The van der Waals surface area contributed by atoms with Crippen molar-refractivity contribution in [3.8, 4) is 0 Å². The third-order valence-electron chi connectivity index (χ3n) is 3.22. The van der Waals surface area contributed by atoms with E-state index in [-0.39, 0.29) is 11.9 Å². The van der Waals surface area contributed by atoms with Gasteiger partial charge in [0.15, 0.2) is 0 Å². The summed E-state index contributed by atoms with van der Waals surface area (Å²) < 4.78 is 0.951. The zero-order valence-electron chi connectivity index (χ0n) is 12.0. The van der Waals surface area contributed by atoms with Crippen molar-refractivity contribution in [3.63, 3.8) is 0 Å². The molecule has 0 atom stereocenters. The van der Waals surface area contributed by atoms with E-state index in [9.17, 15) is 4.79 Å². The van der Waals surface area contributed by atoms with Gasteiger partial charge >= 0.3 is 0 Å². The molecule has 3 aromatic rings. The number of fused-ring (bicyclic) bond motifs is 1. The van der Waals surface area contributed by atoms with Crippen molar-refractivity contribution in [2.24, 2.45) is 0 Å². The van der Waals surface area contributed by atoms with Crippen molar-refractivity contribution in [1.82, 2.24) is 20.2 Å². The van der Waals surface area contributed by atoms with Gasteiger partial charge in [0, 0.05) is 10.0 Å². The quantitative estimate of drug-likeness (QED) is 0.775. The summed E-state index contributed by atoms with van der Waals surface area (Å²) in [7, 11) is 0. The van der Waals surface area contributed by atoms with Crippen LogP contribution in [0.4, 0.5) is 5.95 Å². The highest BCUT2D eigenvalue weighted by Gasteiger charge is 2.13. The van der Waals surface area contributed by atoms with Gasteiger partial charge in [-0.05, 0) is 34.5 Å². The normalized spacial score (nSPS) is 10.8. The molecular weight excluding hydrogens is 346 g/mol. The van der Waals surface area contributed by atoms with Crippen LogP contribution in [0.2, 0.25) is 0 Å². The molecule has 1 amide bonds. The van der Waals surface area contributed by atoms with Crippen molar-refractivity contribution in [2.45, 2.75) is 19.9 Å². The number of hydrogen-bond acceptors (Lipinski definition) is 4. The number of amides is 1. The van der Waals surface area contributed by atoms with Gasteiger partial charge in [-0.15, -0.1) is 5.10 Å². The number of carbonyl (C=O) groups excluding carboxylic acids is 1.